The molecule has 0 saturated heterocycles. The van der Waals surface area contributed by atoms with Gasteiger partial charge in [0, 0.05) is 18.7 Å². The standard InChI is InChI=1S/C24H37NO4/c1-3-4-5-6-7-8-13-29-23-12-10-19(16-25-17-20(26)15-24(27)28)22-14-18(2)9-11-21(22)23/h9-12,18,20,25-26H,3-8,13-17H2,1-2H3,(H,27,28). The minimum absolute atomic E-state index is 0.240. The lowest BCUT2D eigenvalue weighted by Gasteiger charge is -2.23. The number of hydrogen-bond donors (Lipinski definition) is 3. The molecular formula is C24H37NO4. The molecule has 5 nitrogen and oxygen atoms in total. The molecule has 0 aromatic heterocycles. The van der Waals surface area contributed by atoms with E-state index >= 15 is 0 Å². The first kappa shape index (κ1) is 23.4. The summed E-state index contributed by atoms with van der Waals surface area (Å²) in [4.78, 5) is 10.7. The van der Waals surface area contributed by atoms with E-state index < -0.39 is 12.1 Å². The Morgan fingerprint density at radius 2 is 2.00 bits per heavy atom. The lowest BCUT2D eigenvalue weighted by Crippen LogP contribution is -2.29. The van der Waals surface area contributed by atoms with E-state index in [9.17, 15) is 9.90 Å². The van der Waals surface area contributed by atoms with E-state index in [0.29, 0.717) is 12.5 Å². The SMILES string of the molecule is CCCCCCCCOc1ccc(CNCC(O)CC(=O)O)c2c1C=CC(C)C2. The minimum atomic E-state index is -0.984. The van der Waals surface area contributed by atoms with Gasteiger partial charge in [0.25, 0.3) is 0 Å². The molecule has 2 unspecified atom stereocenters. The van der Waals surface area contributed by atoms with Gasteiger partial charge in [-0.1, -0.05) is 64.2 Å². The fourth-order valence-corrected chi connectivity index (χ4v) is 3.77. The molecule has 0 fully saturated rings. The fraction of sp³-hybridized carbons (Fsp3) is 0.625. The van der Waals surface area contributed by atoms with Gasteiger partial charge < -0.3 is 20.3 Å². The minimum Gasteiger partial charge on any atom is -0.493 e. The quantitative estimate of drug-likeness (QED) is 0.397. The highest BCUT2D eigenvalue weighted by atomic mass is 16.5. The summed E-state index contributed by atoms with van der Waals surface area (Å²) in [6.45, 7) is 6.07. The topological polar surface area (TPSA) is 78.8 Å². The van der Waals surface area contributed by atoms with Gasteiger partial charge in [-0.2, -0.15) is 0 Å². The molecule has 1 aliphatic carbocycles. The molecular weight excluding hydrogens is 366 g/mol. The summed E-state index contributed by atoms with van der Waals surface area (Å²) in [5.41, 5.74) is 3.64. The first-order valence-corrected chi connectivity index (χ1v) is 11.1. The highest BCUT2D eigenvalue weighted by molar-refractivity contribution is 5.67. The molecule has 1 aromatic carbocycles. The second kappa shape index (κ2) is 12.7. The lowest BCUT2D eigenvalue weighted by atomic mass is 9.87. The zero-order chi connectivity index (χ0) is 21.1. The van der Waals surface area contributed by atoms with Crippen LogP contribution >= 0.6 is 0 Å². The summed E-state index contributed by atoms with van der Waals surface area (Å²) in [6, 6.07) is 4.14. The van der Waals surface area contributed by atoms with E-state index in [4.69, 9.17) is 9.84 Å². The smallest absolute Gasteiger partial charge is 0.306 e. The highest BCUT2D eigenvalue weighted by Gasteiger charge is 2.18. The number of hydrogen-bond acceptors (Lipinski definition) is 4. The van der Waals surface area contributed by atoms with Crippen LogP contribution in [0, 0.1) is 5.92 Å². The van der Waals surface area contributed by atoms with Crippen LogP contribution in [0.4, 0.5) is 0 Å². The van der Waals surface area contributed by atoms with Crippen molar-refractivity contribution in [3.05, 3.63) is 34.9 Å². The Kier molecular flexibility index (Phi) is 10.2. The Labute approximate surface area is 175 Å². The number of carboxylic acid groups (broad SMARTS) is 1. The Morgan fingerprint density at radius 1 is 1.24 bits per heavy atom. The number of aliphatic carboxylic acids is 1. The van der Waals surface area contributed by atoms with Crippen LogP contribution in [-0.2, 0) is 17.8 Å². The summed E-state index contributed by atoms with van der Waals surface area (Å²) in [6.07, 6.45) is 11.7. The third-order valence-corrected chi connectivity index (χ3v) is 5.39. The molecule has 0 spiro atoms. The van der Waals surface area contributed by atoms with Crippen molar-refractivity contribution in [1.82, 2.24) is 5.32 Å². The maximum Gasteiger partial charge on any atom is 0.306 e. The highest BCUT2D eigenvalue weighted by Crippen LogP contribution is 2.33. The molecule has 0 saturated carbocycles. The first-order valence-electron chi connectivity index (χ1n) is 11.1. The number of carboxylic acids is 1. The normalized spacial score (nSPS) is 16.4. The molecule has 162 valence electrons. The molecule has 0 bridgehead atoms. The van der Waals surface area contributed by atoms with E-state index in [1.54, 1.807) is 0 Å². The molecule has 29 heavy (non-hydrogen) atoms. The number of ether oxygens (including phenoxy) is 1. The molecule has 0 radical (unpaired) electrons. The summed E-state index contributed by atoms with van der Waals surface area (Å²) < 4.78 is 6.11. The zero-order valence-corrected chi connectivity index (χ0v) is 18.0. The van der Waals surface area contributed by atoms with Crippen molar-refractivity contribution in [1.29, 1.82) is 0 Å². The molecule has 2 rings (SSSR count). The summed E-state index contributed by atoms with van der Waals surface area (Å²) in [5.74, 6) is 0.446. The van der Waals surface area contributed by atoms with E-state index in [0.717, 1.165) is 25.2 Å². The summed E-state index contributed by atoms with van der Waals surface area (Å²) in [7, 11) is 0. The van der Waals surface area contributed by atoms with E-state index in [2.05, 4.69) is 37.4 Å². The second-order valence-corrected chi connectivity index (χ2v) is 8.15. The van der Waals surface area contributed by atoms with E-state index in [1.807, 2.05) is 6.07 Å². The van der Waals surface area contributed by atoms with Gasteiger partial charge in [0.05, 0.1) is 19.1 Å². The maximum atomic E-state index is 10.7. The monoisotopic (exact) mass is 403 g/mol. The van der Waals surface area contributed by atoms with Gasteiger partial charge in [-0.3, -0.25) is 4.79 Å². The van der Waals surface area contributed by atoms with Crippen LogP contribution in [-0.4, -0.2) is 35.4 Å². The van der Waals surface area contributed by atoms with Crippen molar-refractivity contribution in [3.8, 4) is 5.75 Å². The molecule has 5 heteroatoms. The lowest BCUT2D eigenvalue weighted by molar-refractivity contribution is -0.139. The van der Waals surface area contributed by atoms with Crippen molar-refractivity contribution in [3.63, 3.8) is 0 Å². The van der Waals surface area contributed by atoms with Crippen molar-refractivity contribution < 1.29 is 19.7 Å². The zero-order valence-electron chi connectivity index (χ0n) is 18.0. The van der Waals surface area contributed by atoms with Crippen molar-refractivity contribution >= 4 is 12.0 Å². The van der Waals surface area contributed by atoms with Gasteiger partial charge in [0.2, 0.25) is 0 Å². The van der Waals surface area contributed by atoms with Gasteiger partial charge in [0.15, 0.2) is 0 Å². The summed E-state index contributed by atoms with van der Waals surface area (Å²) >= 11 is 0. The van der Waals surface area contributed by atoms with Crippen LogP contribution < -0.4 is 10.1 Å². The van der Waals surface area contributed by atoms with Crippen LogP contribution in [0.5, 0.6) is 5.75 Å². The van der Waals surface area contributed by atoms with E-state index in [-0.39, 0.29) is 13.0 Å². The Bertz CT molecular complexity index is 671. The van der Waals surface area contributed by atoms with Crippen LogP contribution in [0.1, 0.15) is 75.5 Å². The number of rotatable bonds is 14. The third-order valence-electron chi connectivity index (χ3n) is 5.39. The number of carbonyl (C=O) groups is 1. The van der Waals surface area contributed by atoms with Gasteiger partial charge in [-0.05, 0) is 36.0 Å². The Morgan fingerprint density at radius 3 is 2.76 bits per heavy atom. The number of aliphatic hydroxyl groups is 1. The average Bonchev–Trinajstić information content (AvgIpc) is 2.67. The molecule has 0 heterocycles. The summed E-state index contributed by atoms with van der Waals surface area (Å²) in [5, 5.41) is 21.7. The number of aliphatic hydroxyl groups excluding tert-OH is 1. The predicted octanol–water partition coefficient (Wildman–Crippen LogP) is 4.56. The van der Waals surface area contributed by atoms with Gasteiger partial charge in [-0.25, -0.2) is 0 Å². The average molecular weight is 404 g/mol. The van der Waals surface area contributed by atoms with Gasteiger partial charge in [-0.15, -0.1) is 0 Å². The fourth-order valence-electron chi connectivity index (χ4n) is 3.77. The van der Waals surface area contributed by atoms with Crippen molar-refractivity contribution in [2.45, 2.75) is 77.9 Å². The maximum absolute atomic E-state index is 10.7. The molecule has 2 atom stereocenters. The van der Waals surface area contributed by atoms with Crippen LogP contribution in [0.2, 0.25) is 0 Å². The first-order chi connectivity index (χ1) is 14.0. The second-order valence-electron chi connectivity index (χ2n) is 8.15. The molecule has 3 N–H and O–H groups in total. The van der Waals surface area contributed by atoms with Crippen molar-refractivity contribution in [2.75, 3.05) is 13.2 Å². The van der Waals surface area contributed by atoms with Gasteiger partial charge in [0.1, 0.15) is 5.75 Å². The van der Waals surface area contributed by atoms with Crippen LogP contribution in [0.25, 0.3) is 6.08 Å². The largest absolute Gasteiger partial charge is 0.493 e. The van der Waals surface area contributed by atoms with Crippen LogP contribution in [0.15, 0.2) is 18.2 Å². The molecule has 0 amide bonds. The Hall–Kier alpha value is -1.85. The molecule has 0 aliphatic heterocycles. The predicted molar refractivity (Wildman–Crippen MR) is 117 cm³/mol. The molecule has 1 aromatic rings. The number of unbranched alkanes of at least 4 members (excludes halogenated alkanes) is 5. The number of fused-ring (bicyclic) bond motifs is 1. The van der Waals surface area contributed by atoms with Crippen molar-refractivity contribution in [2.24, 2.45) is 5.92 Å². The van der Waals surface area contributed by atoms with E-state index in [1.165, 1.54) is 48.8 Å². The van der Waals surface area contributed by atoms with Gasteiger partial charge >= 0.3 is 5.97 Å². The van der Waals surface area contributed by atoms with Crippen LogP contribution in [0.3, 0.4) is 0 Å². The number of allylic oxidation sites excluding steroid dienone is 1. The number of nitrogens with one attached hydrogen (secondary N) is 1. The number of benzene rings is 1. The third kappa shape index (κ3) is 8.19. The molecule has 1 aliphatic rings. The Balaban J connectivity index is 1.92.